The number of carbonyl (C=O) groups excluding carboxylic acids is 1. The molecule has 0 aliphatic rings. The third kappa shape index (κ3) is 3.46. The molecule has 0 aliphatic heterocycles. The number of aldehydes is 1. The van der Waals surface area contributed by atoms with Gasteiger partial charge in [0.05, 0.1) is 0 Å². The number of aliphatic imine (C=N–C) groups is 1. The van der Waals surface area contributed by atoms with Gasteiger partial charge in [-0.3, -0.25) is 0 Å². The summed E-state index contributed by atoms with van der Waals surface area (Å²) in [5, 5.41) is 0. The van der Waals surface area contributed by atoms with Gasteiger partial charge in [0.25, 0.3) is 0 Å². The fourth-order valence-corrected chi connectivity index (χ4v) is 0.447. The van der Waals surface area contributed by atoms with E-state index in [-0.39, 0.29) is 5.84 Å². The SMILES string of the molecule is C[C-]=CN=C(N)[C](=[W])C=O. The second kappa shape index (κ2) is 5.24. The summed E-state index contributed by atoms with van der Waals surface area (Å²) in [5.41, 5.74) is 5.35. The summed E-state index contributed by atoms with van der Waals surface area (Å²) < 4.78 is 0.520. The molecule has 0 heterocycles. The van der Waals surface area contributed by atoms with E-state index in [0.29, 0.717) is 10.2 Å². The molecule has 0 saturated heterocycles. The Hall–Kier alpha value is -0.562. The van der Waals surface area contributed by atoms with Crippen molar-refractivity contribution in [2.45, 2.75) is 6.92 Å². The molecule has 0 saturated carbocycles. The molecular weight excluding hydrogens is 300 g/mol. The Morgan fingerprint density at radius 3 is 2.80 bits per heavy atom. The summed E-state index contributed by atoms with van der Waals surface area (Å²) in [6.07, 6.45) is 4.80. The normalized spacial score (nSPS) is 11.9. The second-order valence-electron chi connectivity index (χ2n) is 1.41. The van der Waals surface area contributed by atoms with Gasteiger partial charge in [-0.05, 0) is 0 Å². The van der Waals surface area contributed by atoms with Crippen LogP contribution in [0.1, 0.15) is 6.92 Å². The van der Waals surface area contributed by atoms with Gasteiger partial charge < -0.3 is 0 Å². The van der Waals surface area contributed by atoms with Crippen LogP contribution in [0.15, 0.2) is 11.2 Å². The topological polar surface area (TPSA) is 55.4 Å². The predicted molar refractivity (Wildman–Crippen MR) is 36.2 cm³/mol. The summed E-state index contributed by atoms with van der Waals surface area (Å²) in [7, 11) is 0. The van der Waals surface area contributed by atoms with Crippen LogP contribution in [0, 0.1) is 6.08 Å². The molecule has 10 heavy (non-hydrogen) atoms. The number of hydrogen-bond acceptors (Lipinski definition) is 2. The van der Waals surface area contributed by atoms with Crippen molar-refractivity contribution in [2.24, 2.45) is 10.7 Å². The van der Waals surface area contributed by atoms with E-state index >= 15 is 0 Å². The Bertz CT molecular complexity index is 196. The molecule has 0 aromatic heterocycles. The molecule has 0 fully saturated rings. The van der Waals surface area contributed by atoms with E-state index in [9.17, 15) is 4.79 Å². The van der Waals surface area contributed by atoms with Crippen molar-refractivity contribution in [3.63, 3.8) is 0 Å². The number of hydrogen-bond donors (Lipinski definition) is 1. The van der Waals surface area contributed by atoms with Gasteiger partial charge in [0.15, 0.2) is 0 Å². The van der Waals surface area contributed by atoms with Gasteiger partial charge in [-0.25, -0.2) is 0 Å². The van der Waals surface area contributed by atoms with Crippen molar-refractivity contribution in [1.29, 1.82) is 0 Å². The molecule has 4 heteroatoms. The number of carbonyl (C=O) groups is 1. The quantitative estimate of drug-likeness (QED) is 0.334. The van der Waals surface area contributed by atoms with Crippen LogP contribution in [0.5, 0.6) is 0 Å². The van der Waals surface area contributed by atoms with Gasteiger partial charge in [-0.15, -0.1) is 0 Å². The molecule has 0 spiro atoms. The third-order valence-electron chi connectivity index (χ3n) is 0.692. The molecule has 0 aromatic rings. The molecule has 0 aromatic carbocycles. The van der Waals surface area contributed by atoms with Crippen LogP contribution < -0.4 is 5.73 Å². The van der Waals surface area contributed by atoms with Gasteiger partial charge in [-0.2, -0.15) is 0 Å². The van der Waals surface area contributed by atoms with E-state index in [1.807, 2.05) is 0 Å². The number of allylic oxidation sites excluding steroid dienone is 1. The Morgan fingerprint density at radius 1 is 1.80 bits per heavy atom. The summed E-state index contributed by atoms with van der Waals surface area (Å²) >= 11 is 1.02. The summed E-state index contributed by atoms with van der Waals surface area (Å²) in [6.45, 7) is 1.71. The standard InChI is InChI=1S/C6H7N2O.W/c1-2-4-8-6(7)3-5-9;/h4-5H,1H3,(H2,7,8);/q-1;. The van der Waals surface area contributed by atoms with Crippen LogP contribution in [0.4, 0.5) is 0 Å². The zero-order valence-corrected chi connectivity index (χ0v) is 8.43. The van der Waals surface area contributed by atoms with Gasteiger partial charge in [-0.1, -0.05) is 0 Å². The van der Waals surface area contributed by atoms with Gasteiger partial charge >= 0.3 is 70.1 Å². The van der Waals surface area contributed by atoms with E-state index in [4.69, 9.17) is 5.73 Å². The van der Waals surface area contributed by atoms with Crippen molar-refractivity contribution in [3.8, 4) is 0 Å². The molecule has 2 N–H and O–H groups in total. The van der Waals surface area contributed by atoms with E-state index in [1.54, 1.807) is 6.92 Å². The maximum absolute atomic E-state index is 10.1. The van der Waals surface area contributed by atoms with E-state index in [2.05, 4.69) is 11.1 Å². The Kier molecular flexibility index (Phi) is 4.95. The zero-order chi connectivity index (χ0) is 7.98. The van der Waals surface area contributed by atoms with Crippen molar-refractivity contribution >= 4 is 16.0 Å². The Morgan fingerprint density at radius 2 is 2.40 bits per heavy atom. The fraction of sp³-hybridized carbons (Fsp3) is 0.167. The van der Waals surface area contributed by atoms with E-state index in [1.165, 1.54) is 6.20 Å². The maximum atomic E-state index is 10.1. The van der Waals surface area contributed by atoms with Crippen molar-refractivity contribution in [2.75, 3.05) is 0 Å². The Balaban J connectivity index is 4.18. The monoisotopic (exact) mass is 307 g/mol. The fourth-order valence-electron chi connectivity index (χ4n) is 0.258. The predicted octanol–water partition coefficient (Wildman–Crippen LogP) is -0.402. The van der Waals surface area contributed by atoms with E-state index < -0.39 is 0 Å². The number of nitrogens with zero attached hydrogens (tertiary/aromatic N) is 1. The zero-order valence-electron chi connectivity index (χ0n) is 5.50. The van der Waals surface area contributed by atoms with Crippen LogP contribution in [0.3, 0.4) is 0 Å². The van der Waals surface area contributed by atoms with Crippen LogP contribution in [-0.4, -0.2) is 16.0 Å². The van der Waals surface area contributed by atoms with Crippen molar-refractivity contribution < 1.29 is 24.1 Å². The third-order valence-corrected chi connectivity index (χ3v) is 1.79. The molecule has 0 aliphatic carbocycles. The molecule has 0 radical (unpaired) electrons. The first-order chi connectivity index (χ1) is 4.72. The molecule has 0 rings (SSSR count). The van der Waals surface area contributed by atoms with Crippen molar-refractivity contribution in [1.82, 2.24) is 0 Å². The molecular formula is C6H7N2OW-. The number of rotatable bonds is 3. The van der Waals surface area contributed by atoms with E-state index in [0.717, 1.165) is 19.4 Å². The molecule has 0 bridgehead atoms. The van der Waals surface area contributed by atoms with Gasteiger partial charge in [0.2, 0.25) is 0 Å². The minimum absolute atomic E-state index is 0.277. The molecule has 3 nitrogen and oxygen atoms in total. The van der Waals surface area contributed by atoms with Gasteiger partial charge in [0, 0.05) is 0 Å². The van der Waals surface area contributed by atoms with Crippen LogP contribution in [0.25, 0.3) is 0 Å². The summed E-state index contributed by atoms with van der Waals surface area (Å²) in [5.74, 6) is 0.277. The van der Waals surface area contributed by atoms with Crippen LogP contribution in [-0.2, 0) is 24.1 Å². The van der Waals surface area contributed by atoms with Crippen molar-refractivity contribution in [3.05, 3.63) is 12.3 Å². The first-order valence-electron chi connectivity index (χ1n) is 2.54. The molecule has 54 valence electrons. The van der Waals surface area contributed by atoms with Crippen LogP contribution in [0.2, 0.25) is 0 Å². The Labute approximate surface area is 70.4 Å². The summed E-state index contributed by atoms with van der Waals surface area (Å²) in [6, 6.07) is 0. The average molecular weight is 307 g/mol. The second-order valence-corrected chi connectivity index (χ2v) is 2.99. The average Bonchev–Trinajstić information content (AvgIpc) is 1.98. The van der Waals surface area contributed by atoms with Crippen LogP contribution >= 0.6 is 0 Å². The van der Waals surface area contributed by atoms with Gasteiger partial charge in [0.1, 0.15) is 0 Å². The molecule has 0 amide bonds. The summed E-state index contributed by atoms with van der Waals surface area (Å²) in [4.78, 5) is 13.8. The first kappa shape index (κ1) is 9.44. The number of nitrogens with two attached hydrogens (primary N) is 1. The molecule has 0 atom stereocenters. The minimum atomic E-state index is 0.277. The molecule has 0 unspecified atom stereocenters. The first-order valence-corrected chi connectivity index (χ1v) is 4.00. The number of amidine groups is 1.